The van der Waals surface area contributed by atoms with Crippen molar-refractivity contribution in [2.45, 2.75) is 33.7 Å². The smallest absolute Gasteiger partial charge is 0.371 e. The van der Waals surface area contributed by atoms with Crippen LogP contribution in [0.15, 0.2) is 21.3 Å². The van der Waals surface area contributed by atoms with Crippen molar-refractivity contribution in [3.63, 3.8) is 0 Å². The SMILES string of the molecule is CCc1nc2sc(C)c(C)c2c(=O)n1Cc1ccc(C(=O)O)o1. The second kappa shape index (κ2) is 5.66. The molecule has 0 aliphatic rings. The standard InChI is InChI=1S/C16H16N2O4S/c1-4-12-17-14-13(8(2)9(3)23-14)15(19)18(12)7-10-5-6-11(22-10)16(20)21/h5-6H,4,7H2,1-3H3,(H,20,21). The summed E-state index contributed by atoms with van der Waals surface area (Å²) in [6, 6.07) is 2.96. The first-order valence-corrected chi connectivity index (χ1v) is 8.05. The van der Waals surface area contributed by atoms with E-state index in [2.05, 4.69) is 4.98 Å². The second-order valence-corrected chi connectivity index (χ2v) is 6.51. The molecule has 0 saturated heterocycles. The van der Waals surface area contributed by atoms with Gasteiger partial charge in [-0.2, -0.15) is 0 Å². The molecular weight excluding hydrogens is 316 g/mol. The predicted molar refractivity (Wildman–Crippen MR) is 87.5 cm³/mol. The maximum atomic E-state index is 12.9. The molecule has 3 aromatic rings. The number of hydrogen-bond donors (Lipinski definition) is 1. The number of aryl methyl sites for hydroxylation is 3. The van der Waals surface area contributed by atoms with E-state index in [0.717, 1.165) is 15.3 Å². The summed E-state index contributed by atoms with van der Waals surface area (Å²) in [5.41, 5.74) is 0.839. The molecule has 7 heteroatoms. The minimum Gasteiger partial charge on any atom is -0.475 e. The van der Waals surface area contributed by atoms with Gasteiger partial charge in [-0.3, -0.25) is 9.36 Å². The van der Waals surface area contributed by atoms with Crippen LogP contribution >= 0.6 is 11.3 Å². The zero-order chi connectivity index (χ0) is 16.7. The first-order chi connectivity index (χ1) is 10.9. The van der Waals surface area contributed by atoms with Crippen molar-refractivity contribution in [2.24, 2.45) is 0 Å². The molecule has 0 aliphatic carbocycles. The zero-order valence-corrected chi connectivity index (χ0v) is 13.9. The molecule has 0 unspecified atom stereocenters. The molecule has 0 saturated carbocycles. The van der Waals surface area contributed by atoms with Gasteiger partial charge in [-0.1, -0.05) is 6.92 Å². The van der Waals surface area contributed by atoms with E-state index in [-0.39, 0.29) is 17.9 Å². The van der Waals surface area contributed by atoms with Crippen LogP contribution < -0.4 is 5.56 Å². The zero-order valence-electron chi connectivity index (χ0n) is 13.0. The third kappa shape index (κ3) is 2.57. The normalized spacial score (nSPS) is 11.3. The molecular formula is C16H16N2O4S. The first kappa shape index (κ1) is 15.5. The minimum atomic E-state index is -1.13. The van der Waals surface area contributed by atoms with E-state index >= 15 is 0 Å². The molecule has 0 fully saturated rings. The Morgan fingerprint density at radius 3 is 2.74 bits per heavy atom. The Bertz CT molecular complexity index is 965. The molecule has 0 radical (unpaired) electrons. The number of rotatable bonds is 4. The monoisotopic (exact) mass is 332 g/mol. The lowest BCUT2D eigenvalue weighted by Gasteiger charge is -2.09. The van der Waals surface area contributed by atoms with Crippen LogP contribution in [0.1, 0.15) is 39.5 Å². The van der Waals surface area contributed by atoms with Crippen molar-refractivity contribution >= 4 is 27.5 Å². The van der Waals surface area contributed by atoms with Crippen LogP contribution in [0.2, 0.25) is 0 Å². The summed E-state index contributed by atoms with van der Waals surface area (Å²) >= 11 is 1.52. The lowest BCUT2D eigenvalue weighted by atomic mass is 10.2. The van der Waals surface area contributed by atoms with Gasteiger partial charge < -0.3 is 9.52 Å². The largest absolute Gasteiger partial charge is 0.475 e. The summed E-state index contributed by atoms with van der Waals surface area (Å²) in [6.07, 6.45) is 0.605. The van der Waals surface area contributed by atoms with Gasteiger partial charge in [0.15, 0.2) is 0 Å². The quantitative estimate of drug-likeness (QED) is 0.794. The maximum Gasteiger partial charge on any atom is 0.371 e. The Balaban J connectivity index is 2.15. The summed E-state index contributed by atoms with van der Waals surface area (Å²) in [6.45, 7) is 6.00. The van der Waals surface area contributed by atoms with Crippen LogP contribution in [0.5, 0.6) is 0 Å². The molecule has 1 N–H and O–H groups in total. The van der Waals surface area contributed by atoms with Gasteiger partial charge in [-0.05, 0) is 31.5 Å². The van der Waals surface area contributed by atoms with Crippen molar-refractivity contribution in [3.8, 4) is 0 Å². The molecule has 0 bridgehead atoms. The molecule has 0 aromatic carbocycles. The van der Waals surface area contributed by atoms with Gasteiger partial charge in [0.1, 0.15) is 16.4 Å². The molecule has 3 rings (SSSR count). The van der Waals surface area contributed by atoms with Crippen LogP contribution in [-0.4, -0.2) is 20.6 Å². The van der Waals surface area contributed by atoms with Crippen LogP contribution in [0.25, 0.3) is 10.2 Å². The average Bonchev–Trinajstić information content (AvgIpc) is 3.08. The molecule has 0 amide bonds. The number of thiophene rings is 1. The number of nitrogens with zero attached hydrogens (tertiary/aromatic N) is 2. The van der Waals surface area contributed by atoms with Gasteiger partial charge in [0, 0.05) is 11.3 Å². The van der Waals surface area contributed by atoms with E-state index in [1.807, 2.05) is 20.8 Å². The van der Waals surface area contributed by atoms with Gasteiger partial charge in [0.25, 0.3) is 5.56 Å². The molecule has 0 atom stereocenters. The Kier molecular flexibility index (Phi) is 3.81. The third-order valence-corrected chi connectivity index (χ3v) is 4.97. The van der Waals surface area contributed by atoms with Crippen molar-refractivity contribution < 1.29 is 14.3 Å². The van der Waals surface area contributed by atoms with Gasteiger partial charge in [-0.25, -0.2) is 9.78 Å². The van der Waals surface area contributed by atoms with Crippen LogP contribution in [0.4, 0.5) is 0 Å². The molecule has 6 nitrogen and oxygen atoms in total. The highest BCUT2D eigenvalue weighted by Gasteiger charge is 2.17. The summed E-state index contributed by atoms with van der Waals surface area (Å²) in [4.78, 5) is 30.2. The molecule has 0 aliphatic heterocycles. The van der Waals surface area contributed by atoms with Crippen molar-refractivity contribution in [2.75, 3.05) is 0 Å². The summed E-state index contributed by atoms with van der Waals surface area (Å²) in [7, 11) is 0. The predicted octanol–water partition coefficient (Wildman–Crippen LogP) is 2.98. The number of carboxylic acid groups (broad SMARTS) is 1. The van der Waals surface area contributed by atoms with Gasteiger partial charge >= 0.3 is 5.97 Å². The number of furan rings is 1. The average molecular weight is 332 g/mol. The Morgan fingerprint density at radius 1 is 1.39 bits per heavy atom. The van der Waals surface area contributed by atoms with Gasteiger partial charge in [0.2, 0.25) is 5.76 Å². The van der Waals surface area contributed by atoms with Gasteiger partial charge in [0.05, 0.1) is 11.9 Å². The number of carboxylic acids is 1. The van der Waals surface area contributed by atoms with E-state index < -0.39 is 5.97 Å². The second-order valence-electron chi connectivity index (χ2n) is 5.31. The van der Waals surface area contributed by atoms with Crippen LogP contribution in [0.3, 0.4) is 0 Å². The fourth-order valence-corrected chi connectivity index (χ4v) is 3.57. The van der Waals surface area contributed by atoms with Gasteiger partial charge in [-0.15, -0.1) is 11.3 Å². The number of hydrogen-bond acceptors (Lipinski definition) is 5. The molecule has 0 spiro atoms. The topological polar surface area (TPSA) is 85.3 Å². The Morgan fingerprint density at radius 2 is 2.13 bits per heavy atom. The van der Waals surface area contributed by atoms with E-state index in [9.17, 15) is 9.59 Å². The summed E-state index contributed by atoms with van der Waals surface area (Å²) < 4.78 is 6.83. The lowest BCUT2D eigenvalue weighted by Crippen LogP contribution is -2.25. The Hall–Kier alpha value is -2.41. The van der Waals surface area contributed by atoms with E-state index in [1.54, 1.807) is 10.6 Å². The highest BCUT2D eigenvalue weighted by atomic mass is 32.1. The van der Waals surface area contributed by atoms with E-state index in [1.165, 1.54) is 17.4 Å². The molecule has 3 heterocycles. The third-order valence-electron chi connectivity index (χ3n) is 3.87. The van der Waals surface area contributed by atoms with Crippen LogP contribution in [0, 0.1) is 13.8 Å². The lowest BCUT2D eigenvalue weighted by molar-refractivity contribution is 0.0660. The number of aromatic carboxylic acids is 1. The van der Waals surface area contributed by atoms with Crippen LogP contribution in [-0.2, 0) is 13.0 Å². The van der Waals surface area contributed by atoms with Crippen molar-refractivity contribution in [3.05, 3.63) is 50.3 Å². The summed E-state index contributed by atoms with van der Waals surface area (Å²) in [5.74, 6) is -0.179. The van der Waals surface area contributed by atoms with Crippen molar-refractivity contribution in [1.82, 2.24) is 9.55 Å². The van der Waals surface area contributed by atoms with E-state index in [0.29, 0.717) is 23.4 Å². The first-order valence-electron chi connectivity index (χ1n) is 7.23. The number of fused-ring (bicyclic) bond motifs is 1. The fraction of sp³-hybridized carbons (Fsp3) is 0.312. The van der Waals surface area contributed by atoms with Crippen molar-refractivity contribution in [1.29, 1.82) is 0 Å². The Labute approximate surface area is 136 Å². The number of carbonyl (C=O) groups is 1. The molecule has 23 heavy (non-hydrogen) atoms. The molecule has 120 valence electrons. The minimum absolute atomic E-state index is 0.109. The maximum absolute atomic E-state index is 12.9. The highest BCUT2D eigenvalue weighted by Crippen LogP contribution is 2.26. The molecule has 3 aromatic heterocycles. The number of aromatic nitrogens is 2. The highest BCUT2D eigenvalue weighted by molar-refractivity contribution is 7.18. The van der Waals surface area contributed by atoms with E-state index in [4.69, 9.17) is 9.52 Å². The fourth-order valence-electron chi connectivity index (χ4n) is 2.54. The summed E-state index contributed by atoms with van der Waals surface area (Å²) in [5, 5.41) is 9.56.